The zero-order chi connectivity index (χ0) is 14.0. The molecule has 1 aromatic carbocycles. The van der Waals surface area contributed by atoms with E-state index in [0.29, 0.717) is 18.9 Å². The summed E-state index contributed by atoms with van der Waals surface area (Å²) in [5.74, 6) is 0.523. The van der Waals surface area contributed by atoms with E-state index in [9.17, 15) is 4.79 Å². The number of rotatable bonds is 2. The lowest BCUT2D eigenvalue weighted by Gasteiger charge is -2.29. The van der Waals surface area contributed by atoms with Gasteiger partial charge in [0.05, 0.1) is 18.8 Å². The summed E-state index contributed by atoms with van der Waals surface area (Å²) in [5, 5.41) is 0. The van der Waals surface area contributed by atoms with Crippen molar-refractivity contribution in [3.8, 4) is 5.75 Å². The third-order valence-electron chi connectivity index (χ3n) is 3.47. The van der Waals surface area contributed by atoms with E-state index in [1.165, 1.54) is 4.90 Å². The molecule has 0 aromatic heterocycles. The Hall–Kier alpha value is -1.30. The molecule has 5 nitrogen and oxygen atoms in total. The topological polar surface area (TPSA) is 64.8 Å². The molecule has 0 saturated carbocycles. The summed E-state index contributed by atoms with van der Waals surface area (Å²) in [6, 6.07) is 5.38. The lowest BCUT2D eigenvalue weighted by Crippen LogP contribution is -2.32. The van der Waals surface area contributed by atoms with E-state index < -0.39 is 0 Å². The van der Waals surface area contributed by atoms with Crippen LogP contribution in [0.4, 0.5) is 4.79 Å². The fraction of sp³-hybridized carbons (Fsp3) is 0.500. The molecule has 0 spiro atoms. The summed E-state index contributed by atoms with van der Waals surface area (Å²) in [6.07, 6.45) is -0.357. The number of nitrogens with two attached hydrogens (primary N) is 1. The number of nitrogens with zero attached hydrogens (tertiary/aromatic N) is 1. The van der Waals surface area contributed by atoms with Crippen LogP contribution in [-0.2, 0) is 11.3 Å². The van der Waals surface area contributed by atoms with Crippen LogP contribution >= 0.6 is 12.4 Å². The zero-order valence-electron chi connectivity index (χ0n) is 12.0. The van der Waals surface area contributed by atoms with E-state index in [1.807, 2.05) is 26.0 Å². The Kier molecular flexibility index (Phi) is 5.80. The molecule has 20 heavy (non-hydrogen) atoms. The Bertz CT molecular complexity index is 481. The molecule has 2 atom stereocenters. The van der Waals surface area contributed by atoms with Gasteiger partial charge < -0.3 is 20.1 Å². The van der Waals surface area contributed by atoms with Crippen molar-refractivity contribution in [2.75, 3.05) is 13.6 Å². The van der Waals surface area contributed by atoms with Crippen molar-refractivity contribution < 1.29 is 14.3 Å². The standard InChI is InChI=1S/C14H20N2O3.ClH/c1-4-16(3)14(17)19-11-5-6-12-10(7-11)8-18-9(2)13(12)15;/h5-7,9,13H,4,8,15H2,1-3H3;1H/t9-,13-;/m1./s1. The summed E-state index contributed by atoms with van der Waals surface area (Å²) < 4.78 is 10.9. The van der Waals surface area contributed by atoms with Gasteiger partial charge in [0.2, 0.25) is 0 Å². The normalized spacial score (nSPS) is 20.6. The molecule has 0 bridgehead atoms. The number of ether oxygens (including phenoxy) is 2. The van der Waals surface area contributed by atoms with Gasteiger partial charge in [-0.05, 0) is 37.1 Å². The van der Waals surface area contributed by atoms with Crippen molar-refractivity contribution in [2.24, 2.45) is 5.73 Å². The van der Waals surface area contributed by atoms with E-state index in [-0.39, 0.29) is 30.6 Å². The van der Waals surface area contributed by atoms with Crippen molar-refractivity contribution in [3.63, 3.8) is 0 Å². The van der Waals surface area contributed by atoms with Gasteiger partial charge in [-0.15, -0.1) is 12.4 Å². The van der Waals surface area contributed by atoms with Crippen molar-refractivity contribution in [2.45, 2.75) is 32.6 Å². The van der Waals surface area contributed by atoms with Crippen LogP contribution in [0.3, 0.4) is 0 Å². The van der Waals surface area contributed by atoms with Crippen LogP contribution in [0, 0.1) is 0 Å². The van der Waals surface area contributed by atoms with Crippen molar-refractivity contribution in [1.29, 1.82) is 0 Å². The molecule has 1 aromatic rings. The van der Waals surface area contributed by atoms with Gasteiger partial charge in [0.15, 0.2) is 0 Å². The first-order valence-corrected chi connectivity index (χ1v) is 6.46. The molecular weight excluding hydrogens is 280 g/mol. The molecule has 0 aliphatic carbocycles. The van der Waals surface area contributed by atoms with Crippen LogP contribution in [0.5, 0.6) is 5.75 Å². The molecule has 2 rings (SSSR count). The second-order valence-corrected chi connectivity index (χ2v) is 4.78. The number of hydrogen-bond donors (Lipinski definition) is 1. The molecule has 0 saturated heterocycles. The monoisotopic (exact) mass is 300 g/mol. The molecule has 1 aliphatic heterocycles. The first kappa shape index (κ1) is 16.8. The molecule has 1 heterocycles. The highest BCUT2D eigenvalue weighted by Gasteiger charge is 2.24. The molecule has 1 aliphatic rings. The van der Waals surface area contributed by atoms with Gasteiger partial charge in [-0.3, -0.25) is 0 Å². The highest BCUT2D eigenvalue weighted by atomic mass is 35.5. The molecule has 2 N–H and O–H groups in total. The van der Waals surface area contributed by atoms with Gasteiger partial charge in [0, 0.05) is 13.6 Å². The van der Waals surface area contributed by atoms with Gasteiger partial charge in [-0.2, -0.15) is 0 Å². The fourth-order valence-electron chi connectivity index (χ4n) is 1.98. The average Bonchev–Trinajstić information content (AvgIpc) is 2.42. The van der Waals surface area contributed by atoms with Gasteiger partial charge in [0.25, 0.3) is 0 Å². The Morgan fingerprint density at radius 3 is 2.90 bits per heavy atom. The van der Waals surface area contributed by atoms with E-state index in [1.54, 1.807) is 13.1 Å². The van der Waals surface area contributed by atoms with Crippen LogP contribution in [-0.4, -0.2) is 30.7 Å². The quantitative estimate of drug-likeness (QED) is 0.911. The number of carbonyl (C=O) groups is 1. The van der Waals surface area contributed by atoms with E-state index in [4.69, 9.17) is 15.2 Å². The zero-order valence-corrected chi connectivity index (χ0v) is 12.8. The maximum Gasteiger partial charge on any atom is 0.414 e. The summed E-state index contributed by atoms with van der Waals surface area (Å²) >= 11 is 0. The number of fused-ring (bicyclic) bond motifs is 1. The van der Waals surface area contributed by atoms with Crippen molar-refractivity contribution >= 4 is 18.5 Å². The number of halogens is 1. The maximum atomic E-state index is 11.7. The van der Waals surface area contributed by atoms with Crippen LogP contribution in [0.15, 0.2) is 18.2 Å². The minimum absolute atomic E-state index is 0. The fourth-order valence-corrected chi connectivity index (χ4v) is 1.98. The second-order valence-electron chi connectivity index (χ2n) is 4.78. The number of benzene rings is 1. The molecule has 0 radical (unpaired) electrons. The third kappa shape index (κ3) is 3.42. The summed E-state index contributed by atoms with van der Waals surface area (Å²) in [7, 11) is 1.70. The lowest BCUT2D eigenvalue weighted by atomic mass is 9.95. The number of hydrogen-bond acceptors (Lipinski definition) is 4. The molecule has 112 valence electrons. The molecular formula is C14H21ClN2O3. The highest BCUT2D eigenvalue weighted by molar-refractivity contribution is 5.85. The Balaban J connectivity index is 0.00000200. The first-order valence-electron chi connectivity index (χ1n) is 6.46. The smallest absolute Gasteiger partial charge is 0.410 e. The number of amides is 1. The van der Waals surface area contributed by atoms with Crippen molar-refractivity contribution in [3.05, 3.63) is 29.3 Å². The van der Waals surface area contributed by atoms with Crippen LogP contribution in [0.1, 0.15) is 31.0 Å². The van der Waals surface area contributed by atoms with Gasteiger partial charge in [-0.25, -0.2) is 4.79 Å². The molecule has 1 amide bonds. The summed E-state index contributed by atoms with van der Waals surface area (Å²) in [5.41, 5.74) is 8.11. The van der Waals surface area contributed by atoms with E-state index in [2.05, 4.69) is 0 Å². The maximum absolute atomic E-state index is 11.7. The predicted octanol–water partition coefficient (Wildman–Crippen LogP) is 2.48. The summed E-state index contributed by atoms with van der Waals surface area (Å²) in [6.45, 7) is 4.95. The van der Waals surface area contributed by atoms with Crippen LogP contribution in [0.2, 0.25) is 0 Å². The second kappa shape index (κ2) is 6.92. The molecule has 0 unspecified atom stereocenters. The highest BCUT2D eigenvalue weighted by Crippen LogP contribution is 2.30. The van der Waals surface area contributed by atoms with Crippen LogP contribution in [0.25, 0.3) is 0 Å². The van der Waals surface area contributed by atoms with E-state index >= 15 is 0 Å². The lowest BCUT2D eigenvalue weighted by molar-refractivity contribution is 0.0212. The predicted molar refractivity (Wildman–Crippen MR) is 79.2 cm³/mol. The first-order chi connectivity index (χ1) is 9.02. The SMILES string of the molecule is CCN(C)C(=O)Oc1ccc2c(c1)CO[C@H](C)[C@H]2N.Cl. The van der Waals surface area contributed by atoms with Crippen molar-refractivity contribution in [1.82, 2.24) is 4.90 Å². The van der Waals surface area contributed by atoms with Gasteiger partial charge in [0.1, 0.15) is 5.75 Å². The van der Waals surface area contributed by atoms with E-state index in [0.717, 1.165) is 11.1 Å². The molecule has 0 fully saturated rings. The Morgan fingerprint density at radius 1 is 1.55 bits per heavy atom. The minimum Gasteiger partial charge on any atom is -0.410 e. The summed E-state index contributed by atoms with van der Waals surface area (Å²) in [4.78, 5) is 13.2. The van der Waals surface area contributed by atoms with Crippen LogP contribution < -0.4 is 10.5 Å². The Morgan fingerprint density at radius 2 is 2.25 bits per heavy atom. The number of carbonyl (C=O) groups excluding carboxylic acids is 1. The van der Waals surface area contributed by atoms with Gasteiger partial charge >= 0.3 is 6.09 Å². The average molecular weight is 301 g/mol. The third-order valence-corrected chi connectivity index (χ3v) is 3.47. The minimum atomic E-state index is -0.364. The molecule has 6 heteroatoms. The Labute approximate surface area is 125 Å². The largest absolute Gasteiger partial charge is 0.414 e. The van der Waals surface area contributed by atoms with Gasteiger partial charge in [-0.1, -0.05) is 6.07 Å².